The van der Waals surface area contributed by atoms with Crippen molar-refractivity contribution in [3.63, 3.8) is 0 Å². The summed E-state index contributed by atoms with van der Waals surface area (Å²) in [5, 5.41) is 0. The molecule has 4 nitrogen and oxygen atoms in total. The molecule has 1 fully saturated rings. The molecular formula is C11H22N2O2. The number of hydrogen-bond acceptors (Lipinski definition) is 3. The van der Waals surface area contributed by atoms with Crippen molar-refractivity contribution >= 4 is 6.09 Å². The average molecular weight is 214 g/mol. The highest BCUT2D eigenvalue weighted by molar-refractivity contribution is 5.64. The first-order valence-electron chi connectivity index (χ1n) is 5.61. The predicted molar refractivity (Wildman–Crippen MR) is 59.0 cm³/mol. The molecule has 0 atom stereocenters. The summed E-state index contributed by atoms with van der Waals surface area (Å²) in [4.78, 5) is 15.0. The number of carbonyl (C=O) groups is 1. The predicted octanol–water partition coefficient (Wildman–Crippen LogP) is 2.19. The van der Waals surface area contributed by atoms with Gasteiger partial charge in [0.2, 0.25) is 0 Å². The van der Waals surface area contributed by atoms with Crippen LogP contribution in [0.15, 0.2) is 0 Å². The van der Waals surface area contributed by atoms with Crippen LogP contribution in [-0.2, 0) is 4.84 Å². The van der Waals surface area contributed by atoms with Gasteiger partial charge in [-0.2, -0.15) is 0 Å². The summed E-state index contributed by atoms with van der Waals surface area (Å²) >= 11 is 0. The van der Waals surface area contributed by atoms with E-state index >= 15 is 0 Å². The van der Waals surface area contributed by atoms with Gasteiger partial charge in [0.05, 0.1) is 0 Å². The van der Waals surface area contributed by atoms with Crippen LogP contribution in [0.3, 0.4) is 0 Å². The third-order valence-electron chi connectivity index (χ3n) is 3.28. The fraction of sp³-hybridized carbons (Fsp3) is 0.909. The number of hydroxylamine groups is 1. The van der Waals surface area contributed by atoms with E-state index in [0.717, 1.165) is 18.8 Å². The number of rotatable bonds is 2. The van der Waals surface area contributed by atoms with Crippen molar-refractivity contribution in [3.05, 3.63) is 0 Å². The lowest BCUT2D eigenvalue weighted by molar-refractivity contribution is 0.0502. The average Bonchev–Trinajstić information content (AvgIpc) is 2.14. The molecule has 88 valence electrons. The monoisotopic (exact) mass is 214 g/mol. The fourth-order valence-electron chi connectivity index (χ4n) is 2.22. The van der Waals surface area contributed by atoms with Gasteiger partial charge in [-0.15, -0.1) is 5.48 Å². The van der Waals surface area contributed by atoms with Crippen LogP contribution in [0.2, 0.25) is 0 Å². The molecule has 1 rings (SSSR count). The van der Waals surface area contributed by atoms with Gasteiger partial charge in [-0.1, -0.05) is 20.8 Å². The highest BCUT2D eigenvalue weighted by Gasteiger charge is 2.29. The van der Waals surface area contributed by atoms with E-state index < -0.39 is 6.09 Å². The minimum absolute atomic E-state index is 0.274. The number of amides is 1. The zero-order chi connectivity index (χ0) is 11.5. The second kappa shape index (κ2) is 4.84. The quantitative estimate of drug-likeness (QED) is 0.692. The molecule has 1 saturated carbocycles. The van der Waals surface area contributed by atoms with Crippen molar-refractivity contribution < 1.29 is 9.63 Å². The van der Waals surface area contributed by atoms with Gasteiger partial charge in [0.1, 0.15) is 0 Å². The molecule has 4 heteroatoms. The minimum Gasteiger partial charge on any atom is -0.354 e. The smallest absolute Gasteiger partial charge is 0.354 e. The molecule has 1 aliphatic rings. The summed E-state index contributed by atoms with van der Waals surface area (Å²) in [5.41, 5.74) is 7.99. The lowest BCUT2D eigenvalue weighted by Crippen LogP contribution is -2.38. The van der Waals surface area contributed by atoms with Gasteiger partial charge >= 0.3 is 6.09 Å². The molecule has 0 aliphatic heterocycles. The molecule has 1 amide bonds. The van der Waals surface area contributed by atoms with E-state index in [-0.39, 0.29) is 6.04 Å². The maximum atomic E-state index is 10.4. The summed E-state index contributed by atoms with van der Waals surface area (Å²) in [6.07, 6.45) is 3.71. The van der Waals surface area contributed by atoms with Gasteiger partial charge in [-0.05, 0) is 37.0 Å². The Bertz CT molecular complexity index is 215. The van der Waals surface area contributed by atoms with Crippen LogP contribution in [0.5, 0.6) is 0 Å². The number of nitrogens with two attached hydrogens (primary N) is 1. The van der Waals surface area contributed by atoms with Crippen LogP contribution in [-0.4, -0.2) is 12.1 Å². The topological polar surface area (TPSA) is 64.3 Å². The van der Waals surface area contributed by atoms with Crippen LogP contribution < -0.4 is 11.2 Å². The first-order chi connectivity index (χ1) is 6.89. The molecular weight excluding hydrogens is 192 g/mol. The Labute approximate surface area is 91.5 Å². The van der Waals surface area contributed by atoms with Crippen molar-refractivity contribution in [1.82, 2.24) is 5.48 Å². The van der Waals surface area contributed by atoms with Crippen LogP contribution >= 0.6 is 0 Å². The fourth-order valence-corrected chi connectivity index (χ4v) is 2.22. The van der Waals surface area contributed by atoms with Gasteiger partial charge in [0.25, 0.3) is 0 Å². The molecule has 1 aliphatic carbocycles. The molecule has 0 radical (unpaired) electrons. The summed E-state index contributed by atoms with van der Waals surface area (Å²) in [7, 11) is 0. The first-order valence-corrected chi connectivity index (χ1v) is 5.61. The number of carbonyl (C=O) groups excluding carboxylic acids is 1. The highest BCUT2D eigenvalue weighted by Crippen LogP contribution is 2.37. The van der Waals surface area contributed by atoms with Crippen molar-refractivity contribution in [2.75, 3.05) is 0 Å². The Morgan fingerprint density at radius 1 is 1.27 bits per heavy atom. The molecule has 0 unspecified atom stereocenters. The van der Waals surface area contributed by atoms with Crippen LogP contribution in [0.4, 0.5) is 4.79 Å². The van der Waals surface area contributed by atoms with Crippen molar-refractivity contribution in [2.24, 2.45) is 17.1 Å². The minimum atomic E-state index is -0.757. The van der Waals surface area contributed by atoms with Gasteiger partial charge in [-0.25, -0.2) is 4.79 Å². The van der Waals surface area contributed by atoms with Crippen LogP contribution in [0.25, 0.3) is 0 Å². The van der Waals surface area contributed by atoms with Crippen molar-refractivity contribution in [3.8, 4) is 0 Å². The summed E-state index contributed by atoms with van der Waals surface area (Å²) < 4.78 is 0. The zero-order valence-electron chi connectivity index (χ0n) is 9.88. The molecule has 0 aromatic carbocycles. The van der Waals surface area contributed by atoms with Gasteiger partial charge in [0.15, 0.2) is 0 Å². The summed E-state index contributed by atoms with van der Waals surface area (Å²) in [6, 6.07) is 0.274. The van der Waals surface area contributed by atoms with E-state index in [1.165, 1.54) is 12.8 Å². The Morgan fingerprint density at radius 2 is 1.80 bits per heavy atom. The Hall–Kier alpha value is -0.770. The van der Waals surface area contributed by atoms with Crippen molar-refractivity contribution in [2.45, 2.75) is 52.5 Å². The molecule has 0 spiro atoms. The van der Waals surface area contributed by atoms with E-state index in [9.17, 15) is 4.79 Å². The Morgan fingerprint density at radius 3 is 2.20 bits per heavy atom. The second-order valence-corrected chi connectivity index (χ2v) is 5.45. The van der Waals surface area contributed by atoms with E-state index in [4.69, 9.17) is 5.73 Å². The van der Waals surface area contributed by atoms with E-state index in [1.54, 1.807) is 0 Å². The number of hydrogen-bond donors (Lipinski definition) is 2. The van der Waals surface area contributed by atoms with E-state index in [0.29, 0.717) is 5.41 Å². The third-order valence-corrected chi connectivity index (χ3v) is 3.28. The highest BCUT2D eigenvalue weighted by atomic mass is 16.7. The Balaban J connectivity index is 2.27. The maximum absolute atomic E-state index is 10.4. The molecule has 0 bridgehead atoms. The van der Waals surface area contributed by atoms with Crippen LogP contribution in [0.1, 0.15) is 46.5 Å². The first kappa shape index (κ1) is 12.3. The molecule has 0 aromatic heterocycles. The molecule has 0 heterocycles. The van der Waals surface area contributed by atoms with Crippen LogP contribution in [0, 0.1) is 11.3 Å². The zero-order valence-corrected chi connectivity index (χ0v) is 9.88. The van der Waals surface area contributed by atoms with E-state index in [1.807, 2.05) is 0 Å². The Kier molecular flexibility index (Phi) is 3.97. The lowest BCUT2D eigenvalue weighted by atomic mass is 9.71. The SMILES string of the molecule is CC(C)(C)C1CCC(NOC(N)=O)CC1. The van der Waals surface area contributed by atoms with Gasteiger partial charge in [0, 0.05) is 6.04 Å². The lowest BCUT2D eigenvalue weighted by Gasteiger charge is -2.36. The molecule has 3 N–H and O–H groups in total. The standard InChI is InChI=1S/C11H22N2O2/c1-11(2,3)8-4-6-9(7-5-8)13-15-10(12)14/h8-9,13H,4-7H2,1-3H3,(H2,12,14). The molecule has 15 heavy (non-hydrogen) atoms. The van der Waals surface area contributed by atoms with Crippen molar-refractivity contribution in [1.29, 1.82) is 0 Å². The number of nitrogens with one attached hydrogen (secondary N) is 1. The maximum Gasteiger partial charge on any atom is 0.423 e. The largest absolute Gasteiger partial charge is 0.423 e. The van der Waals surface area contributed by atoms with Gasteiger partial charge < -0.3 is 10.6 Å². The molecule has 0 saturated heterocycles. The summed E-state index contributed by atoms with van der Waals surface area (Å²) in [6.45, 7) is 6.85. The third kappa shape index (κ3) is 4.08. The second-order valence-electron chi connectivity index (χ2n) is 5.45. The summed E-state index contributed by atoms with van der Waals surface area (Å²) in [5.74, 6) is 0.768. The normalized spacial score (nSPS) is 27.4. The molecule has 0 aromatic rings. The van der Waals surface area contributed by atoms with Gasteiger partial charge in [-0.3, -0.25) is 0 Å². The number of primary amides is 1. The van der Waals surface area contributed by atoms with E-state index in [2.05, 4.69) is 31.1 Å².